The van der Waals surface area contributed by atoms with E-state index in [1.807, 2.05) is 5.57 Å². The van der Waals surface area contributed by atoms with E-state index in [9.17, 15) is 0 Å². The summed E-state index contributed by atoms with van der Waals surface area (Å²) >= 11 is 6.29. The molecule has 3 aliphatic rings. The number of hydrogen-bond donors (Lipinski definition) is 0. The van der Waals surface area contributed by atoms with Gasteiger partial charge >= 0.3 is 0 Å². The van der Waals surface area contributed by atoms with Gasteiger partial charge < -0.3 is 0 Å². The zero-order valence-corrected chi connectivity index (χ0v) is 16.0. The van der Waals surface area contributed by atoms with Crippen molar-refractivity contribution in [3.63, 3.8) is 0 Å². The minimum atomic E-state index is -1.43. The Labute approximate surface area is 136 Å². The summed E-state index contributed by atoms with van der Waals surface area (Å²) in [5.41, 5.74) is 5.42. The second-order valence-corrected chi connectivity index (χ2v) is 14.3. The Morgan fingerprint density at radius 2 is 1.57 bits per heavy atom. The lowest BCUT2D eigenvalue weighted by atomic mass is 9.71. The predicted octanol–water partition coefficient (Wildman–Crippen LogP) is 6.61. The van der Waals surface area contributed by atoms with Crippen LogP contribution in [0.2, 0.25) is 0 Å². The topological polar surface area (TPSA) is 0 Å². The third-order valence-electron chi connectivity index (χ3n) is 6.18. The van der Waals surface area contributed by atoms with Gasteiger partial charge in [-0.15, -0.1) is 0 Å². The van der Waals surface area contributed by atoms with Crippen molar-refractivity contribution in [2.24, 2.45) is 5.92 Å². The average molecular weight is 322 g/mol. The molecule has 0 radical (unpaired) electrons. The van der Waals surface area contributed by atoms with E-state index < -0.39 is 6.04 Å². The normalized spacial score (nSPS) is 29.8. The van der Waals surface area contributed by atoms with Crippen LogP contribution in [0, 0.1) is 5.92 Å². The van der Waals surface area contributed by atoms with Gasteiger partial charge in [0, 0.05) is 0 Å². The Morgan fingerprint density at radius 3 is 2.24 bits per heavy atom. The summed E-state index contributed by atoms with van der Waals surface area (Å²) in [6, 6.07) is -1.43. The number of hydrogen-bond acceptors (Lipinski definition) is 1. The molecular formula is C19H31PS. The van der Waals surface area contributed by atoms with Crippen molar-refractivity contribution in [1.29, 1.82) is 0 Å². The van der Waals surface area contributed by atoms with Gasteiger partial charge in [-0.1, -0.05) is 44.6 Å². The zero-order chi connectivity index (χ0) is 15.3. The van der Waals surface area contributed by atoms with Crippen molar-refractivity contribution in [3.05, 3.63) is 22.0 Å². The standard InChI is InChI=1S/C19H31PS/c1-19(2,3)20(4,21)18-13-14-9-5-6-10-15(14)16-11-7-8-12-17(16)18/h14H,5-13H2,1-4H3/t14-,20?/m1/s1. The zero-order valence-electron chi connectivity index (χ0n) is 14.3. The Bertz CT molecular complexity index is 544. The van der Waals surface area contributed by atoms with Crippen molar-refractivity contribution in [3.8, 4) is 0 Å². The molecule has 0 bridgehead atoms. The monoisotopic (exact) mass is 322 g/mol. The highest BCUT2D eigenvalue weighted by molar-refractivity contribution is 8.17. The van der Waals surface area contributed by atoms with E-state index >= 15 is 0 Å². The average Bonchev–Trinajstić information content (AvgIpc) is 2.45. The van der Waals surface area contributed by atoms with E-state index in [1.165, 1.54) is 57.8 Å². The number of allylic oxidation sites excluding steroid dienone is 4. The van der Waals surface area contributed by atoms with Gasteiger partial charge in [-0.05, 0) is 91.6 Å². The van der Waals surface area contributed by atoms with Gasteiger partial charge in [-0.3, -0.25) is 0 Å². The quantitative estimate of drug-likeness (QED) is 0.489. The fraction of sp³-hybridized carbons (Fsp3) is 0.789. The Balaban J connectivity index is 2.12. The van der Waals surface area contributed by atoms with Crippen molar-refractivity contribution in [1.82, 2.24) is 0 Å². The van der Waals surface area contributed by atoms with Gasteiger partial charge in [0.25, 0.3) is 0 Å². The van der Waals surface area contributed by atoms with Crippen LogP contribution < -0.4 is 0 Å². The van der Waals surface area contributed by atoms with Crippen LogP contribution in [-0.2, 0) is 11.8 Å². The molecule has 0 aromatic carbocycles. The van der Waals surface area contributed by atoms with Crippen LogP contribution in [-0.4, -0.2) is 11.8 Å². The number of rotatable bonds is 1. The van der Waals surface area contributed by atoms with Gasteiger partial charge in [0.15, 0.2) is 0 Å². The lowest BCUT2D eigenvalue weighted by Gasteiger charge is -2.44. The molecule has 2 saturated carbocycles. The minimum Gasteiger partial charge on any atom is -0.0926 e. The van der Waals surface area contributed by atoms with Crippen molar-refractivity contribution in [2.75, 3.05) is 6.66 Å². The van der Waals surface area contributed by atoms with Crippen LogP contribution in [0.15, 0.2) is 22.0 Å². The molecule has 0 amide bonds. The van der Waals surface area contributed by atoms with Crippen LogP contribution in [0.25, 0.3) is 0 Å². The molecule has 0 nitrogen and oxygen atoms in total. The second kappa shape index (κ2) is 5.64. The summed E-state index contributed by atoms with van der Waals surface area (Å²) in [7, 11) is 0. The van der Waals surface area contributed by atoms with Crippen LogP contribution in [0.4, 0.5) is 0 Å². The van der Waals surface area contributed by atoms with E-state index in [0.29, 0.717) is 0 Å². The Kier molecular flexibility index (Phi) is 4.30. The molecule has 0 aromatic rings. The molecule has 0 aromatic heterocycles. The van der Waals surface area contributed by atoms with E-state index in [0.717, 1.165) is 5.92 Å². The summed E-state index contributed by atoms with van der Waals surface area (Å²) in [5, 5.41) is 2.04. The summed E-state index contributed by atoms with van der Waals surface area (Å²) in [5.74, 6) is 0.857. The predicted molar refractivity (Wildman–Crippen MR) is 99.1 cm³/mol. The first-order valence-corrected chi connectivity index (χ1v) is 12.1. The van der Waals surface area contributed by atoms with E-state index in [1.54, 1.807) is 16.5 Å². The molecule has 2 atom stereocenters. The van der Waals surface area contributed by atoms with Gasteiger partial charge in [0.1, 0.15) is 0 Å². The summed E-state index contributed by atoms with van der Waals surface area (Å²) in [6.07, 6.45) is 12.5. The van der Waals surface area contributed by atoms with Gasteiger partial charge in [0.2, 0.25) is 0 Å². The summed E-state index contributed by atoms with van der Waals surface area (Å²) in [6.45, 7) is 9.57. The molecule has 0 saturated heterocycles. The number of fused-ring (bicyclic) bond motifs is 2. The molecule has 0 aliphatic heterocycles. The minimum absolute atomic E-state index is 0.277. The van der Waals surface area contributed by atoms with Crippen molar-refractivity contribution >= 4 is 17.8 Å². The second-order valence-electron chi connectivity index (χ2n) is 8.38. The summed E-state index contributed by atoms with van der Waals surface area (Å²) in [4.78, 5) is 0. The molecule has 3 rings (SSSR count). The Morgan fingerprint density at radius 1 is 0.952 bits per heavy atom. The molecule has 0 heterocycles. The highest BCUT2D eigenvalue weighted by atomic mass is 32.4. The maximum atomic E-state index is 6.29. The van der Waals surface area contributed by atoms with Crippen LogP contribution in [0.5, 0.6) is 0 Å². The first kappa shape index (κ1) is 16.0. The fourth-order valence-corrected chi connectivity index (χ4v) is 7.17. The molecule has 21 heavy (non-hydrogen) atoms. The maximum Gasteiger partial charge on any atom is -0.00565 e. The molecule has 0 N–H and O–H groups in total. The van der Waals surface area contributed by atoms with Gasteiger partial charge in [0.05, 0.1) is 0 Å². The van der Waals surface area contributed by atoms with Crippen LogP contribution in [0.1, 0.15) is 78.6 Å². The van der Waals surface area contributed by atoms with E-state index in [4.69, 9.17) is 11.8 Å². The van der Waals surface area contributed by atoms with Gasteiger partial charge in [-0.25, -0.2) is 0 Å². The highest BCUT2D eigenvalue weighted by Crippen LogP contribution is 2.67. The summed E-state index contributed by atoms with van der Waals surface area (Å²) < 4.78 is 0. The van der Waals surface area contributed by atoms with Crippen LogP contribution in [0.3, 0.4) is 0 Å². The smallest absolute Gasteiger partial charge is 0.00565 e. The maximum absolute atomic E-state index is 6.29. The first-order chi connectivity index (χ1) is 9.82. The lowest BCUT2D eigenvalue weighted by molar-refractivity contribution is 0.434. The van der Waals surface area contributed by atoms with Crippen LogP contribution >= 0.6 is 6.04 Å². The lowest BCUT2D eigenvalue weighted by Crippen LogP contribution is -2.24. The molecule has 118 valence electrons. The molecule has 2 heteroatoms. The van der Waals surface area contributed by atoms with E-state index in [2.05, 4.69) is 27.4 Å². The molecule has 1 unspecified atom stereocenters. The van der Waals surface area contributed by atoms with Crippen molar-refractivity contribution < 1.29 is 0 Å². The molecule has 2 fully saturated rings. The Hall–Kier alpha value is 0.130. The molecular weight excluding hydrogens is 291 g/mol. The third-order valence-corrected chi connectivity index (χ3v) is 12.5. The van der Waals surface area contributed by atoms with E-state index in [-0.39, 0.29) is 5.16 Å². The van der Waals surface area contributed by atoms with Crippen molar-refractivity contribution in [2.45, 2.75) is 83.7 Å². The highest BCUT2D eigenvalue weighted by Gasteiger charge is 2.39. The fourth-order valence-electron chi connectivity index (χ4n) is 4.48. The third kappa shape index (κ3) is 2.74. The molecule has 0 spiro atoms. The molecule has 3 aliphatic carbocycles. The SMILES string of the molecule is CC(C)(C)P(C)(=S)C1=C2CCCCC2=C2CCCC[C@@H]2C1. The largest absolute Gasteiger partial charge is 0.0926 e. The first-order valence-electron chi connectivity index (χ1n) is 8.85. The van der Waals surface area contributed by atoms with Gasteiger partial charge in [-0.2, -0.15) is 0 Å².